The maximum atomic E-state index is 6.04. The molecule has 0 unspecified atom stereocenters. The zero-order valence-electron chi connectivity index (χ0n) is 12.5. The zero-order chi connectivity index (χ0) is 15.5. The first-order chi connectivity index (χ1) is 10.7. The number of hydrogen-bond acceptors (Lipinski definition) is 4. The number of nitrogens with two attached hydrogens (primary N) is 1. The van der Waals surface area contributed by atoms with Crippen LogP contribution < -0.4 is 15.2 Å². The number of ether oxygens (including phenoxy) is 2. The van der Waals surface area contributed by atoms with Crippen molar-refractivity contribution in [3.05, 3.63) is 54.6 Å². The molecule has 0 aliphatic heterocycles. The smallest absolute Gasteiger partial charge is 0.118 e. The van der Waals surface area contributed by atoms with Gasteiger partial charge in [-0.05, 0) is 53.6 Å². The van der Waals surface area contributed by atoms with Crippen LogP contribution in [0.2, 0.25) is 0 Å². The predicted molar refractivity (Wildman–Crippen MR) is 92.7 cm³/mol. The minimum absolute atomic E-state index is 0.802. The van der Waals surface area contributed by atoms with Crippen LogP contribution in [0.3, 0.4) is 0 Å². The van der Waals surface area contributed by atoms with Gasteiger partial charge in [0.25, 0.3) is 0 Å². The van der Waals surface area contributed by atoms with Crippen molar-refractivity contribution >= 4 is 16.3 Å². The second kappa shape index (κ2) is 6.12. The van der Waals surface area contributed by atoms with E-state index in [2.05, 4.69) is 12.1 Å². The topological polar surface area (TPSA) is 44.5 Å². The average Bonchev–Trinajstić information content (AvgIpc) is 2.97. The summed E-state index contributed by atoms with van der Waals surface area (Å²) in [6.07, 6.45) is 0. The average molecular weight is 311 g/mol. The lowest BCUT2D eigenvalue weighted by atomic mass is 10.0. The van der Waals surface area contributed by atoms with Crippen LogP contribution in [0.15, 0.2) is 54.6 Å². The molecule has 22 heavy (non-hydrogen) atoms. The summed E-state index contributed by atoms with van der Waals surface area (Å²) < 4.78 is 10.4. The van der Waals surface area contributed by atoms with Crippen LogP contribution in [0.25, 0.3) is 21.6 Å². The molecule has 0 spiro atoms. The highest BCUT2D eigenvalue weighted by Gasteiger charge is 2.12. The van der Waals surface area contributed by atoms with Gasteiger partial charge in [-0.25, -0.2) is 0 Å². The summed E-state index contributed by atoms with van der Waals surface area (Å²) in [5.74, 6) is 1.69. The second-order valence-electron chi connectivity index (χ2n) is 4.85. The highest BCUT2D eigenvalue weighted by Crippen LogP contribution is 2.41. The number of hydrogen-bond donors (Lipinski definition) is 1. The van der Waals surface area contributed by atoms with E-state index >= 15 is 0 Å². The lowest BCUT2D eigenvalue weighted by Gasteiger charge is -2.06. The summed E-state index contributed by atoms with van der Waals surface area (Å²) in [5, 5.41) is 0.802. The highest BCUT2D eigenvalue weighted by atomic mass is 32.1. The van der Waals surface area contributed by atoms with Gasteiger partial charge in [0.15, 0.2) is 0 Å². The maximum Gasteiger partial charge on any atom is 0.118 e. The third kappa shape index (κ3) is 2.78. The molecule has 0 radical (unpaired) electrons. The summed E-state index contributed by atoms with van der Waals surface area (Å²) in [4.78, 5) is 1.16. The summed E-state index contributed by atoms with van der Waals surface area (Å²) in [7, 11) is 3.33. The van der Waals surface area contributed by atoms with Crippen molar-refractivity contribution in [2.75, 3.05) is 20.0 Å². The van der Waals surface area contributed by atoms with Crippen LogP contribution in [0.1, 0.15) is 0 Å². The van der Waals surface area contributed by atoms with E-state index in [9.17, 15) is 0 Å². The first-order valence-electron chi connectivity index (χ1n) is 6.89. The van der Waals surface area contributed by atoms with Gasteiger partial charge in [0.1, 0.15) is 11.5 Å². The van der Waals surface area contributed by atoms with E-state index in [1.54, 1.807) is 25.6 Å². The number of rotatable bonds is 4. The lowest BCUT2D eigenvalue weighted by Crippen LogP contribution is -1.84. The van der Waals surface area contributed by atoms with E-state index in [0.29, 0.717) is 0 Å². The number of anilines is 1. The summed E-state index contributed by atoms with van der Waals surface area (Å²) in [5.41, 5.74) is 9.43. The van der Waals surface area contributed by atoms with Crippen molar-refractivity contribution in [1.29, 1.82) is 0 Å². The molecule has 0 atom stereocenters. The van der Waals surface area contributed by atoms with Gasteiger partial charge < -0.3 is 15.2 Å². The largest absolute Gasteiger partial charge is 0.497 e. The van der Waals surface area contributed by atoms with Crippen molar-refractivity contribution < 1.29 is 9.47 Å². The molecule has 2 N–H and O–H groups in total. The van der Waals surface area contributed by atoms with Gasteiger partial charge in [-0.2, -0.15) is 0 Å². The van der Waals surface area contributed by atoms with Gasteiger partial charge in [0.2, 0.25) is 0 Å². The minimum atomic E-state index is 0.802. The third-order valence-corrected chi connectivity index (χ3v) is 4.52. The van der Waals surface area contributed by atoms with E-state index in [4.69, 9.17) is 15.2 Å². The van der Waals surface area contributed by atoms with Crippen LogP contribution in [0.5, 0.6) is 11.5 Å². The molecule has 3 rings (SSSR count). The number of nitrogen functional groups attached to an aromatic ring is 1. The molecule has 0 aliphatic rings. The van der Waals surface area contributed by atoms with Gasteiger partial charge >= 0.3 is 0 Å². The normalized spacial score (nSPS) is 10.5. The first kappa shape index (κ1) is 14.5. The van der Waals surface area contributed by atoms with Gasteiger partial charge in [-0.1, -0.05) is 12.1 Å². The molecule has 0 saturated carbocycles. The molecule has 112 valence electrons. The highest BCUT2D eigenvalue weighted by molar-refractivity contribution is 7.19. The van der Waals surface area contributed by atoms with Crippen molar-refractivity contribution in [1.82, 2.24) is 0 Å². The van der Waals surface area contributed by atoms with Crippen molar-refractivity contribution in [2.24, 2.45) is 0 Å². The van der Waals surface area contributed by atoms with Gasteiger partial charge in [0.05, 0.1) is 19.2 Å². The Hall–Kier alpha value is -2.46. The molecule has 0 amide bonds. The number of thiophene rings is 1. The monoisotopic (exact) mass is 311 g/mol. The molecular weight excluding hydrogens is 294 g/mol. The van der Waals surface area contributed by atoms with Crippen LogP contribution in [0.4, 0.5) is 5.00 Å². The lowest BCUT2D eigenvalue weighted by molar-refractivity contribution is 0.414. The van der Waals surface area contributed by atoms with E-state index in [0.717, 1.165) is 38.1 Å². The molecule has 0 saturated heterocycles. The molecule has 4 heteroatoms. The van der Waals surface area contributed by atoms with Crippen molar-refractivity contribution in [3.63, 3.8) is 0 Å². The Morgan fingerprint density at radius 1 is 0.773 bits per heavy atom. The zero-order valence-corrected chi connectivity index (χ0v) is 13.3. The Kier molecular flexibility index (Phi) is 4.02. The molecule has 0 fully saturated rings. The maximum absolute atomic E-state index is 6.04. The standard InChI is InChI=1S/C18H17NO2S/c1-20-14-7-3-12(4-8-14)16-11-17(19)22-18(16)13-5-9-15(21-2)10-6-13/h3-11H,19H2,1-2H3. The molecular formula is C18H17NO2S. The van der Waals surface area contributed by atoms with Crippen LogP contribution >= 0.6 is 11.3 Å². The summed E-state index contributed by atoms with van der Waals surface area (Å²) >= 11 is 1.59. The number of benzene rings is 2. The van der Waals surface area contributed by atoms with Gasteiger partial charge in [-0.15, -0.1) is 11.3 Å². The quantitative estimate of drug-likeness (QED) is 0.760. The SMILES string of the molecule is COc1ccc(-c2cc(N)sc2-c2ccc(OC)cc2)cc1. The Balaban J connectivity index is 2.04. The fourth-order valence-corrected chi connectivity index (χ4v) is 3.31. The molecule has 3 aromatic rings. The molecule has 0 bridgehead atoms. The van der Waals surface area contributed by atoms with Crippen LogP contribution in [-0.4, -0.2) is 14.2 Å². The van der Waals surface area contributed by atoms with Crippen LogP contribution in [0, 0.1) is 0 Å². The Morgan fingerprint density at radius 2 is 1.27 bits per heavy atom. The molecule has 2 aromatic carbocycles. The fraction of sp³-hybridized carbons (Fsp3) is 0.111. The van der Waals surface area contributed by atoms with E-state index in [-0.39, 0.29) is 0 Å². The van der Waals surface area contributed by atoms with E-state index < -0.39 is 0 Å². The predicted octanol–water partition coefficient (Wildman–Crippen LogP) is 4.68. The second-order valence-corrected chi connectivity index (χ2v) is 5.93. The Morgan fingerprint density at radius 3 is 1.77 bits per heavy atom. The Labute approximate surface area is 133 Å². The summed E-state index contributed by atoms with van der Waals surface area (Å²) in [6, 6.07) is 18.1. The fourth-order valence-electron chi connectivity index (χ4n) is 2.35. The van der Waals surface area contributed by atoms with Gasteiger partial charge in [-0.3, -0.25) is 0 Å². The molecule has 0 aliphatic carbocycles. The first-order valence-corrected chi connectivity index (χ1v) is 7.71. The molecule has 3 nitrogen and oxygen atoms in total. The van der Waals surface area contributed by atoms with Crippen molar-refractivity contribution in [3.8, 4) is 33.1 Å². The van der Waals surface area contributed by atoms with E-state index in [1.165, 1.54) is 0 Å². The minimum Gasteiger partial charge on any atom is -0.497 e. The van der Waals surface area contributed by atoms with E-state index in [1.807, 2.05) is 42.5 Å². The molecule has 1 heterocycles. The van der Waals surface area contributed by atoms with Gasteiger partial charge in [0, 0.05) is 10.4 Å². The third-order valence-electron chi connectivity index (χ3n) is 3.50. The number of methoxy groups -OCH3 is 2. The Bertz CT molecular complexity index is 696. The summed E-state index contributed by atoms with van der Waals surface area (Å²) in [6.45, 7) is 0. The van der Waals surface area contributed by atoms with Crippen molar-refractivity contribution in [2.45, 2.75) is 0 Å². The van der Waals surface area contributed by atoms with Crippen LogP contribution in [-0.2, 0) is 0 Å². The molecule has 1 aromatic heterocycles.